The molecule has 0 aromatic carbocycles. The predicted octanol–water partition coefficient (Wildman–Crippen LogP) is 6.92. The van der Waals surface area contributed by atoms with Crippen LogP contribution in [0.3, 0.4) is 0 Å². The quantitative estimate of drug-likeness (QED) is 0.513. The lowest BCUT2D eigenvalue weighted by molar-refractivity contribution is 0.0342. The van der Waals surface area contributed by atoms with Gasteiger partial charge in [-0.05, 0) is 37.5 Å². The second-order valence-electron chi connectivity index (χ2n) is 9.25. The molecule has 0 saturated heterocycles. The van der Waals surface area contributed by atoms with E-state index in [-0.39, 0.29) is 12.2 Å². The van der Waals surface area contributed by atoms with Crippen LogP contribution in [0.1, 0.15) is 64.2 Å². The Morgan fingerprint density at radius 1 is 0.600 bits per heavy atom. The van der Waals surface area contributed by atoms with E-state index in [9.17, 15) is 0 Å². The standard InChI is InChI=1S/C24H30O4S2/c1-3-7-15(8-4-1)17-12-26-21-20(27-17)14-30-23(21)24-22-19(13-29-24)25-11-18(28-22)16-9-5-2-6-10-16/h13-18H,1-12H2. The van der Waals surface area contributed by atoms with E-state index in [4.69, 9.17) is 18.9 Å². The molecule has 2 saturated carbocycles. The lowest BCUT2D eigenvalue weighted by atomic mass is 9.85. The van der Waals surface area contributed by atoms with Crippen LogP contribution in [0.5, 0.6) is 23.0 Å². The molecule has 0 bridgehead atoms. The normalized spacial score (nSPS) is 27.2. The minimum absolute atomic E-state index is 0.176. The Morgan fingerprint density at radius 3 is 1.87 bits per heavy atom. The number of ether oxygens (including phenoxy) is 4. The van der Waals surface area contributed by atoms with Crippen molar-refractivity contribution in [1.29, 1.82) is 0 Å². The summed E-state index contributed by atoms with van der Waals surface area (Å²) in [5.74, 6) is 4.88. The molecular formula is C24H30O4S2. The Hall–Kier alpha value is -1.40. The van der Waals surface area contributed by atoms with Crippen LogP contribution in [0.2, 0.25) is 0 Å². The zero-order valence-corrected chi connectivity index (χ0v) is 19.0. The van der Waals surface area contributed by atoms with Crippen molar-refractivity contribution in [3.05, 3.63) is 10.8 Å². The fraction of sp³-hybridized carbons (Fsp3) is 0.667. The summed E-state index contributed by atoms with van der Waals surface area (Å²) in [5, 5.41) is 4.20. The van der Waals surface area contributed by atoms with Crippen molar-refractivity contribution in [2.75, 3.05) is 13.2 Å². The van der Waals surface area contributed by atoms with E-state index in [1.54, 1.807) is 22.7 Å². The summed E-state index contributed by atoms with van der Waals surface area (Å²) in [6.07, 6.45) is 13.5. The average Bonchev–Trinajstić information content (AvgIpc) is 3.43. The first-order valence-corrected chi connectivity index (χ1v) is 13.4. The number of rotatable bonds is 3. The van der Waals surface area contributed by atoms with E-state index in [2.05, 4.69) is 10.8 Å². The Balaban J connectivity index is 1.23. The van der Waals surface area contributed by atoms with Crippen molar-refractivity contribution in [3.63, 3.8) is 0 Å². The molecule has 0 spiro atoms. The first kappa shape index (κ1) is 19.3. The molecule has 4 heterocycles. The van der Waals surface area contributed by atoms with Crippen molar-refractivity contribution >= 4 is 22.7 Å². The summed E-state index contributed by atoms with van der Waals surface area (Å²) < 4.78 is 25.4. The van der Waals surface area contributed by atoms with Gasteiger partial charge < -0.3 is 18.9 Å². The number of hydrogen-bond donors (Lipinski definition) is 0. The van der Waals surface area contributed by atoms with Gasteiger partial charge in [0, 0.05) is 10.8 Å². The van der Waals surface area contributed by atoms with Crippen molar-refractivity contribution in [2.24, 2.45) is 11.8 Å². The smallest absolute Gasteiger partial charge is 0.181 e. The van der Waals surface area contributed by atoms with Gasteiger partial charge in [0.1, 0.15) is 25.4 Å². The fourth-order valence-corrected chi connectivity index (χ4v) is 7.60. The maximum atomic E-state index is 6.57. The van der Waals surface area contributed by atoms with Crippen LogP contribution in [0.25, 0.3) is 9.75 Å². The lowest BCUT2D eigenvalue weighted by Crippen LogP contribution is -2.37. The first-order valence-electron chi connectivity index (χ1n) is 11.7. The molecular weight excluding hydrogens is 416 g/mol. The highest BCUT2D eigenvalue weighted by Crippen LogP contribution is 2.55. The highest BCUT2D eigenvalue weighted by molar-refractivity contribution is 7.21. The fourth-order valence-electron chi connectivity index (χ4n) is 5.60. The van der Waals surface area contributed by atoms with Crippen molar-refractivity contribution < 1.29 is 18.9 Å². The maximum Gasteiger partial charge on any atom is 0.181 e. The van der Waals surface area contributed by atoms with Gasteiger partial charge >= 0.3 is 0 Å². The second-order valence-corrected chi connectivity index (χ2v) is 11.0. The highest BCUT2D eigenvalue weighted by Gasteiger charge is 2.36. The molecule has 162 valence electrons. The average molecular weight is 447 g/mol. The predicted molar refractivity (Wildman–Crippen MR) is 121 cm³/mol. The van der Waals surface area contributed by atoms with Crippen LogP contribution in [-0.2, 0) is 0 Å². The van der Waals surface area contributed by atoms with Crippen molar-refractivity contribution in [1.82, 2.24) is 0 Å². The molecule has 0 radical (unpaired) electrons. The van der Waals surface area contributed by atoms with Gasteiger partial charge in [0.25, 0.3) is 0 Å². The van der Waals surface area contributed by atoms with E-state index in [1.807, 2.05) is 0 Å². The largest absolute Gasteiger partial charge is 0.485 e. The molecule has 0 amide bonds. The molecule has 2 aromatic rings. The molecule has 2 aliphatic carbocycles. The summed E-state index contributed by atoms with van der Waals surface area (Å²) in [6.45, 7) is 1.34. The molecule has 2 atom stereocenters. The monoisotopic (exact) mass is 446 g/mol. The number of thiophene rings is 2. The van der Waals surface area contributed by atoms with Gasteiger partial charge in [-0.25, -0.2) is 0 Å². The number of hydrogen-bond acceptors (Lipinski definition) is 6. The molecule has 6 heteroatoms. The third-order valence-electron chi connectivity index (χ3n) is 7.33. The first-order chi connectivity index (χ1) is 14.9. The molecule has 2 aromatic heterocycles. The van der Waals surface area contributed by atoms with Crippen LogP contribution in [0.15, 0.2) is 10.8 Å². The van der Waals surface area contributed by atoms with Gasteiger partial charge in [-0.3, -0.25) is 0 Å². The lowest BCUT2D eigenvalue weighted by Gasteiger charge is -2.34. The topological polar surface area (TPSA) is 36.9 Å². The van der Waals surface area contributed by atoms with Crippen molar-refractivity contribution in [2.45, 2.75) is 76.4 Å². The zero-order chi connectivity index (χ0) is 19.9. The van der Waals surface area contributed by atoms with Gasteiger partial charge in [-0.2, -0.15) is 0 Å². The van der Waals surface area contributed by atoms with Crippen LogP contribution in [0, 0.1) is 11.8 Å². The van der Waals surface area contributed by atoms with Crippen molar-refractivity contribution in [3.8, 4) is 32.8 Å². The van der Waals surface area contributed by atoms with E-state index in [0.29, 0.717) is 25.0 Å². The van der Waals surface area contributed by atoms with E-state index in [0.717, 1.165) is 32.8 Å². The van der Waals surface area contributed by atoms with Crippen LogP contribution in [0.4, 0.5) is 0 Å². The molecule has 4 aliphatic rings. The SMILES string of the molecule is c1sc(-c2scc3c2OC(C2CCCCC2)CO3)c2c1OC(C1CCCCC1)CO2. The Kier molecular flexibility index (Phi) is 5.32. The van der Waals surface area contributed by atoms with Gasteiger partial charge in [0.15, 0.2) is 23.0 Å². The summed E-state index contributed by atoms with van der Waals surface area (Å²) >= 11 is 3.40. The molecule has 30 heavy (non-hydrogen) atoms. The Bertz CT molecular complexity index is 876. The summed E-state index contributed by atoms with van der Waals surface area (Å²) in [4.78, 5) is 2.27. The molecule has 2 aliphatic heterocycles. The highest BCUT2D eigenvalue weighted by atomic mass is 32.1. The second kappa shape index (κ2) is 8.27. The van der Waals surface area contributed by atoms with Gasteiger partial charge in [0.05, 0.1) is 9.75 Å². The Labute approximate surface area is 186 Å². The molecule has 6 rings (SSSR count). The zero-order valence-electron chi connectivity index (χ0n) is 17.4. The number of fused-ring (bicyclic) bond motifs is 2. The minimum Gasteiger partial charge on any atom is -0.485 e. The van der Waals surface area contributed by atoms with Gasteiger partial charge in [0.2, 0.25) is 0 Å². The Morgan fingerprint density at radius 2 is 1.17 bits per heavy atom. The van der Waals surface area contributed by atoms with Gasteiger partial charge in [-0.1, -0.05) is 38.5 Å². The van der Waals surface area contributed by atoms with E-state index >= 15 is 0 Å². The minimum atomic E-state index is 0.176. The van der Waals surface area contributed by atoms with Crippen LogP contribution < -0.4 is 18.9 Å². The molecule has 2 fully saturated rings. The maximum absolute atomic E-state index is 6.57. The van der Waals surface area contributed by atoms with Crippen LogP contribution in [-0.4, -0.2) is 25.4 Å². The van der Waals surface area contributed by atoms with Crippen LogP contribution >= 0.6 is 22.7 Å². The van der Waals surface area contributed by atoms with Gasteiger partial charge in [-0.15, -0.1) is 22.7 Å². The third kappa shape index (κ3) is 3.50. The van der Waals surface area contributed by atoms with E-state index in [1.165, 1.54) is 64.2 Å². The summed E-state index contributed by atoms with van der Waals surface area (Å²) in [6, 6.07) is 0. The summed E-state index contributed by atoms with van der Waals surface area (Å²) in [7, 11) is 0. The molecule has 0 N–H and O–H groups in total. The summed E-state index contributed by atoms with van der Waals surface area (Å²) in [5.41, 5.74) is 0. The molecule has 4 nitrogen and oxygen atoms in total. The van der Waals surface area contributed by atoms with E-state index < -0.39 is 0 Å². The molecule has 2 unspecified atom stereocenters. The third-order valence-corrected chi connectivity index (χ3v) is 9.37.